The van der Waals surface area contributed by atoms with Crippen molar-refractivity contribution in [1.29, 1.82) is 0 Å². The van der Waals surface area contributed by atoms with Crippen molar-refractivity contribution in [2.24, 2.45) is 0 Å². The minimum Gasteiger partial charge on any atom is -0.378 e. The summed E-state index contributed by atoms with van der Waals surface area (Å²) in [5.74, 6) is -0.184. The highest BCUT2D eigenvalue weighted by Crippen LogP contribution is 2.25. The third-order valence-electron chi connectivity index (χ3n) is 5.47. The molecule has 2 aliphatic heterocycles. The molecule has 2 fully saturated rings. The second-order valence-electron chi connectivity index (χ2n) is 7.69. The van der Waals surface area contributed by atoms with Gasteiger partial charge in [0.05, 0.1) is 24.1 Å². The van der Waals surface area contributed by atoms with Gasteiger partial charge in [-0.05, 0) is 41.5 Å². The lowest BCUT2D eigenvalue weighted by Crippen LogP contribution is -2.41. The fraction of sp³-hybridized carbons (Fsp3) is 0.381. The predicted octanol–water partition coefficient (Wildman–Crippen LogP) is 0.323. The minimum absolute atomic E-state index is 0.00789. The summed E-state index contributed by atoms with van der Waals surface area (Å²) >= 11 is 1.44. The topological polar surface area (TPSA) is 79.0 Å². The average Bonchev–Trinajstić information content (AvgIpc) is 3.33. The molecule has 0 aliphatic carbocycles. The molecule has 1 aromatic heterocycles. The summed E-state index contributed by atoms with van der Waals surface area (Å²) in [5, 5.41) is 2.96. The number of carbonyl (C=O) groups is 3. The van der Waals surface area contributed by atoms with Crippen LogP contribution in [0.4, 0.5) is 5.69 Å². The van der Waals surface area contributed by atoms with Gasteiger partial charge in [0.2, 0.25) is 5.91 Å². The molecule has 2 saturated heterocycles. The van der Waals surface area contributed by atoms with Crippen LogP contribution in [0.25, 0.3) is 0 Å². The number of carbonyl (C=O) groups excluding carboxylic acids is 3. The molecular formula is C21H24BN3O4S. The van der Waals surface area contributed by atoms with E-state index < -0.39 is 0 Å². The fourth-order valence-electron chi connectivity index (χ4n) is 3.86. The molecule has 1 unspecified atom stereocenters. The van der Waals surface area contributed by atoms with Gasteiger partial charge in [-0.15, -0.1) is 11.3 Å². The van der Waals surface area contributed by atoms with Gasteiger partial charge in [-0.1, -0.05) is 6.07 Å². The van der Waals surface area contributed by atoms with Gasteiger partial charge >= 0.3 is 0 Å². The van der Waals surface area contributed by atoms with E-state index in [0.717, 1.165) is 16.0 Å². The third-order valence-corrected chi connectivity index (χ3v) is 6.47. The van der Waals surface area contributed by atoms with Crippen LogP contribution in [0.2, 0.25) is 0 Å². The van der Waals surface area contributed by atoms with Gasteiger partial charge in [0.25, 0.3) is 11.8 Å². The fourth-order valence-corrected chi connectivity index (χ4v) is 4.63. The molecule has 0 saturated carbocycles. The van der Waals surface area contributed by atoms with E-state index >= 15 is 0 Å². The van der Waals surface area contributed by atoms with E-state index in [4.69, 9.17) is 4.74 Å². The zero-order valence-corrected chi connectivity index (χ0v) is 18.0. The van der Waals surface area contributed by atoms with E-state index in [1.54, 1.807) is 21.9 Å². The Labute approximate surface area is 180 Å². The maximum atomic E-state index is 12.8. The number of anilines is 1. The van der Waals surface area contributed by atoms with Crippen LogP contribution in [-0.2, 0) is 9.53 Å². The second kappa shape index (κ2) is 8.61. The van der Waals surface area contributed by atoms with E-state index in [1.807, 2.05) is 33.0 Å². The zero-order valence-electron chi connectivity index (χ0n) is 17.1. The number of morpholine rings is 1. The number of rotatable bonds is 4. The van der Waals surface area contributed by atoms with E-state index in [0.29, 0.717) is 43.3 Å². The quantitative estimate of drug-likeness (QED) is 0.716. The molecule has 0 bridgehead atoms. The van der Waals surface area contributed by atoms with Crippen molar-refractivity contribution in [3.05, 3.63) is 46.3 Å². The van der Waals surface area contributed by atoms with Gasteiger partial charge in [-0.25, -0.2) is 0 Å². The molecule has 1 N–H and O–H groups in total. The smallest absolute Gasteiger partial charge is 0.261 e. The molecule has 4 rings (SSSR count). The molecular weight excluding hydrogens is 401 g/mol. The van der Waals surface area contributed by atoms with Gasteiger partial charge in [0.1, 0.15) is 0 Å². The van der Waals surface area contributed by atoms with Crippen molar-refractivity contribution >= 4 is 47.4 Å². The maximum Gasteiger partial charge on any atom is 0.261 e. The van der Waals surface area contributed by atoms with Crippen LogP contribution >= 0.6 is 11.3 Å². The first-order valence-electron chi connectivity index (χ1n) is 10.1. The number of nitrogens with one attached hydrogen (secondary N) is 1. The molecule has 156 valence electrons. The summed E-state index contributed by atoms with van der Waals surface area (Å²) < 4.78 is 6.39. The Morgan fingerprint density at radius 2 is 1.97 bits per heavy atom. The van der Waals surface area contributed by atoms with Crippen LogP contribution in [0.15, 0.2) is 30.3 Å². The van der Waals surface area contributed by atoms with E-state index in [9.17, 15) is 14.4 Å². The first-order chi connectivity index (χ1) is 14.4. The molecule has 3 heterocycles. The average molecular weight is 425 g/mol. The van der Waals surface area contributed by atoms with Gasteiger partial charge in [-0.3, -0.25) is 14.4 Å². The van der Waals surface area contributed by atoms with E-state index in [1.165, 1.54) is 11.3 Å². The monoisotopic (exact) mass is 425 g/mol. The highest BCUT2D eigenvalue weighted by Gasteiger charge is 2.32. The number of ether oxygens (including phenoxy) is 1. The molecule has 3 amide bonds. The van der Waals surface area contributed by atoms with Gasteiger partial charge in [-0.2, -0.15) is 0 Å². The summed E-state index contributed by atoms with van der Waals surface area (Å²) in [5.41, 5.74) is 2.23. The van der Waals surface area contributed by atoms with E-state index in [2.05, 4.69) is 5.32 Å². The van der Waals surface area contributed by atoms with Crippen molar-refractivity contribution in [2.75, 3.05) is 37.7 Å². The highest BCUT2D eigenvalue weighted by molar-refractivity contribution is 7.21. The zero-order chi connectivity index (χ0) is 21.3. The molecule has 1 atom stereocenters. The normalized spacial score (nSPS) is 19.2. The maximum absolute atomic E-state index is 12.8. The Balaban J connectivity index is 1.43. The first kappa shape index (κ1) is 20.6. The Morgan fingerprint density at radius 3 is 2.63 bits per heavy atom. The van der Waals surface area contributed by atoms with Gasteiger partial charge in [0.15, 0.2) is 7.85 Å². The SMILES string of the molecule is Bc1ccc(C(=O)NC2CC(=O)N(c3ccc(C(=O)N4CCOCC4)c(C)c3)C2)s1. The number of hydrogen-bond acceptors (Lipinski definition) is 5. The van der Waals surface area contributed by atoms with Crippen molar-refractivity contribution < 1.29 is 19.1 Å². The summed E-state index contributed by atoms with van der Waals surface area (Å²) in [6.45, 7) is 4.61. The Bertz CT molecular complexity index is 986. The van der Waals surface area contributed by atoms with Crippen molar-refractivity contribution in [3.8, 4) is 0 Å². The van der Waals surface area contributed by atoms with Crippen LogP contribution in [0.5, 0.6) is 0 Å². The van der Waals surface area contributed by atoms with Crippen LogP contribution in [-0.4, -0.2) is 69.4 Å². The molecule has 0 radical (unpaired) electrons. The highest BCUT2D eigenvalue weighted by atomic mass is 32.1. The van der Waals surface area contributed by atoms with E-state index in [-0.39, 0.29) is 30.2 Å². The largest absolute Gasteiger partial charge is 0.378 e. The Hall–Kier alpha value is -2.65. The third kappa shape index (κ3) is 4.27. The number of aryl methyl sites for hydroxylation is 1. The second-order valence-corrected chi connectivity index (χ2v) is 8.98. The van der Waals surface area contributed by atoms with Crippen LogP contribution in [0.1, 0.15) is 32.0 Å². The molecule has 30 heavy (non-hydrogen) atoms. The van der Waals surface area contributed by atoms with Crippen LogP contribution in [0.3, 0.4) is 0 Å². The van der Waals surface area contributed by atoms with Crippen molar-refractivity contribution in [1.82, 2.24) is 10.2 Å². The Morgan fingerprint density at radius 1 is 1.20 bits per heavy atom. The minimum atomic E-state index is -0.234. The summed E-state index contributed by atoms with van der Waals surface area (Å²) in [6, 6.07) is 8.95. The number of thiophene rings is 1. The van der Waals surface area contributed by atoms with Crippen LogP contribution < -0.4 is 15.0 Å². The number of benzene rings is 1. The van der Waals surface area contributed by atoms with Gasteiger partial charge in [0, 0.05) is 37.3 Å². The van der Waals surface area contributed by atoms with Crippen LogP contribution in [0, 0.1) is 6.92 Å². The summed E-state index contributed by atoms with van der Waals surface area (Å²) in [7, 11) is 1.96. The first-order valence-corrected chi connectivity index (χ1v) is 10.9. The molecule has 0 spiro atoms. The molecule has 9 heteroatoms. The molecule has 1 aromatic carbocycles. The predicted molar refractivity (Wildman–Crippen MR) is 119 cm³/mol. The van der Waals surface area contributed by atoms with Gasteiger partial charge < -0.3 is 19.9 Å². The lowest BCUT2D eigenvalue weighted by molar-refractivity contribution is -0.117. The lowest BCUT2D eigenvalue weighted by Gasteiger charge is -2.27. The molecule has 2 aliphatic rings. The standard InChI is InChI=1S/C21H24BN3O4S/c1-13-10-15(2-3-16(13)21(28)24-6-8-29-9-7-24)25-12-14(11-19(25)26)23-20(27)17-4-5-18(22)30-17/h2-5,10,14H,6-9,11-12,22H2,1H3,(H,23,27). The lowest BCUT2D eigenvalue weighted by atomic mass is 10.1. The summed E-state index contributed by atoms with van der Waals surface area (Å²) in [4.78, 5) is 41.9. The number of hydrogen-bond donors (Lipinski definition) is 1. The van der Waals surface area contributed by atoms with Crippen molar-refractivity contribution in [2.45, 2.75) is 19.4 Å². The Kier molecular flexibility index (Phi) is 5.92. The number of amides is 3. The number of nitrogens with zero attached hydrogens (tertiary/aromatic N) is 2. The molecule has 2 aromatic rings. The molecule has 7 nitrogen and oxygen atoms in total. The summed E-state index contributed by atoms with van der Waals surface area (Å²) in [6.07, 6.45) is 0.267. The van der Waals surface area contributed by atoms with Crippen molar-refractivity contribution in [3.63, 3.8) is 0 Å².